The summed E-state index contributed by atoms with van der Waals surface area (Å²) in [5.74, 6) is 0.578. The van der Waals surface area contributed by atoms with Crippen molar-refractivity contribution in [1.82, 2.24) is 19.5 Å². The summed E-state index contributed by atoms with van der Waals surface area (Å²) in [7, 11) is 0. The summed E-state index contributed by atoms with van der Waals surface area (Å²) in [5.41, 5.74) is 8.76. The molecule has 0 radical (unpaired) electrons. The molecule has 3 heterocycles. The number of nitrogen functional groups attached to an aromatic ring is 1. The molecule has 8 heteroatoms. The van der Waals surface area contributed by atoms with Crippen LogP contribution in [0.2, 0.25) is 0 Å². The van der Waals surface area contributed by atoms with Gasteiger partial charge in [-0.15, -0.1) is 12.6 Å². The van der Waals surface area contributed by atoms with E-state index >= 15 is 0 Å². The monoisotopic (exact) mass is 328 g/mol. The predicted octanol–water partition coefficient (Wildman–Crippen LogP) is 2.75. The van der Waals surface area contributed by atoms with E-state index in [-0.39, 0.29) is 6.23 Å². The maximum absolute atomic E-state index is 5.98. The van der Waals surface area contributed by atoms with Crippen molar-refractivity contribution in [2.24, 2.45) is 0 Å². The Bertz CT molecular complexity index is 858. The standard InChI is InChI=1S/C15H16N6OS/c16-9-4-1-2-5-10(9)18-13-12-14(20-15(23)19-13)21(8-17-12)11-6-3-7-22-11/h1-2,4-5,8,11H,3,6-7,16H2,(H2,18,19,20,23). The number of benzene rings is 1. The van der Waals surface area contributed by atoms with Gasteiger partial charge in [0.1, 0.15) is 6.23 Å². The molecular formula is C15H16N6OS. The van der Waals surface area contributed by atoms with Gasteiger partial charge in [0.2, 0.25) is 0 Å². The molecule has 0 saturated carbocycles. The molecule has 7 nitrogen and oxygen atoms in total. The van der Waals surface area contributed by atoms with Crippen LogP contribution in [-0.4, -0.2) is 26.1 Å². The minimum atomic E-state index is -0.0303. The van der Waals surface area contributed by atoms with Crippen molar-refractivity contribution in [3.05, 3.63) is 30.6 Å². The molecule has 1 atom stereocenters. The van der Waals surface area contributed by atoms with Crippen molar-refractivity contribution in [3.63, 3.8) is 0 Å². The molecule has 118 valence electrons. The number of rotatable bonds is 3. The van der Waals surface area contributed by atoms with E-state index in [4.69, 9.17) is 10.5 Å². The first-order chi connectivity index (χ1) is 11.2. The van der Waals surface area contributed by atoms with Crippen LogP contribution in [0.3, 0.4) is 0 Å². The van der Waals surface area contributed by atoms with E-state index in [1.807, 2.05) is 28.8 Å². The number of fused-ring (bicyclic) bond motifs is 1. The molecular weight excluding hydrogens is 312 g/mol. The van der Waals surface area contributed by atoms with Crippen LogP contribution < -0.4 is 11.1 Å². The van der Waals surface area contributed by atoms with Crippen LogP contribution in [0.5, 0.6) is 0 Å². The molecule has 3 N–H and O–H groups in total. The summed E-state index contributed by atoms with van der Waals surface area (Å²) in [4.78, 5) is 13.2. The van der Waals surface area contributed by atoms with E-state index in [9.17, 15) is 0 Å². The van der Waals surface area contributed by atoms with Crippen LogP contribution in [-0.2, 0) is 4.74 Å². The van der Waals surface area contributed by atoms with Gasteiger partial charge >= 0.3 is 0 Å². The van der Waals surface area contributed by atoms with Crippen LogP contribution in [0.15, 0.2) is 35.7 Å². The van der Waals surface area contributed by atoms with Gasteiger partial charge in [-0.05, 0) is 25.0 Å². The third-order valence-corrected chi connectivity index (χ3v) is 4.04. The number of hydrogen-bond donors (Lipinski definition) is 3. The minimum Gasteiger partial charge on any atom is -0.397 e. The zero-order valence-electron chi connectivity index (χ0n) is 12.3. The van der Waals surface area contributed by atoms with Crippen molar-refractivity contribution in [3.8, 4) is 0 Å². The Morgan fingerprint density at radius 2 is 2.17 bits per heavy atom. The van der Waals surface area contributed by atoms with Crippen molar-refractivity contribution < 1.29 is 4.74 Å². The average molecular weight is 328 g/mol. The molecule has 1 saturated heterocycles. The lowest BCUT2D eigenvalue weighted by Crippen LogP contribution is -2.07. The van der Waals surface area contributed by atoms with E-state index in [1.165, 1.54) is 0 Å². The number of aromatic nitrogens is 4. The second-order valence-corrected chi connectivity index (χ2v) is 5.78. The number of nitrogens with one attached hydrogen (secondary N) is 1. The fourth-order valence-corrected chi connectivity index (χ4v) is 2.92. The van der Waals surface area contributed by atoms with Crippen molar-refractivity contribution in [2.45, 2.75) is 24.2 Å². The highest BCUT2D eigenvalue weighted by Gasteiger charge is 2.22. The van der Waals surface area contributed by atoms with Crippen molar-refractivity contribution >= 4 is 41.0 Å². The van der Waals surface area contributed by atoms with Crippen LogP contribution in [0.4, 0.5) is 17.2 Å². The molecule has 1 aliphatic rings. The Hall–Kier alpha value is -2.32. The summed E-state index contributed by atoms with van der Waals surface area (Å²) in [6, 6.07) is 7.50. The molecule has 3 aromatic rings. The first-order valence-electron chi connectivity index (χ1n) is 7.39. The van der Waals surface area contributed by atoms with Crippen LogP contribution in [0.25, 0.3) is 11.2 Å². The zero-order valence-corrected chi connectivity index (χ0v) is 13.2. The molecule has 1 unspecified atom stereocenters. The Kier molecular flexibility index (Phi) is 3.55. The maximum Gasteiger partial charge on any atom is 0.188 e. The first-order valence-corrected chi connectivity index (χ1v) is 7.84. The predicted molar refractivity (Wildman–Crippen MR) is 90.9 cm³/mol. The van der Waals surface area contributed by atoms with Gasteiger partial charge in [0.25, 0.3) is 0 Å². The molecule has 0 bridgehead atoms. The number of hydrogen-bond acceptors (Lipinski definition) is 7. The molecule has 2 aromatic heterocycles. The molecule has 1 aromatic carbocycles. The van der Waals surface area contributed by atoms with E-state index in [2.05, 4.69) is 32.9 Å². The molecule has 0 aliphatic carbocycles. The van der Waals surface area contributed by atoms with E-state index in [0.717, 1.165) is 25.1 Å². The van der Waals surface area contributed by atoms with Crippen molar-refractivity contribution in [1.29, 1.82) is 0 Å². The zero-order chi connectivity index (χ0) is 15.8. The Morgan fingerprint density at radius 3 is 2.96 bits per heavy atom. The number of para-hydroxylation sites is 2. The second kappa shape index (κ2) is 5.71. The highest BCUT2D eigenvalue weighted by molar-refractivity contribution is 7.80. The number of imidazole rings is 1. The number of nitrogens with two attached hydrogens (primary N) is 1. The lowest BCUT2D eigenvalue weighted by molar-refractivity contribution is 0.0592. The van der Waals surface area contributed by atoms with Gasteiger partial charge in [-0.25, -0.2) is 15.0 Å². The van der Waals surface area contributed by atoms with Gasteiger partial charge < -0.3 is 15.8 Å². The molecule has 23 heavy (non-hydrogen) atoms. The minimum absolute atomic E-state index is 0.0303. The van der Waals surface area contributed by atoms with E-state index < -0.39 is 0 Å². The van der Waals surface area contributed by atoms with Gasteiger partial charge in [0.05, 0.1) is 17.7 Å². The Labute approximate surface area is 138 Å². The van der Waals surface area contributed by atoms with Gasteiger partial charge in [-0.3, -0.25) is 4.57 Å². The second-order valence-electron chi connectivity index (χ2n) is 5.38. The van der Waals surface area contributed by atoms with Gasteiger partial charge in [-0.2, -0.15) is 0 Å². The van der Waals surface area contributed by atoms with Gasteiger partial charge in [0.15, 0.2) is 22.1 Å². The number of nitrogens with zero attached hydrogens (tertiary/aromatic N) is 4. The molecule has 1 aliphatic heterocycles. The SMILES string of the molecule is Nc1ccccc1Nc1nc(S)nc2c1ncn2C1CCCO1. The highest BCUT2D eigenvalue weighted by Crippen LogP contribution is 2.30. The Balaban J connectivity index is 1.79. The summed E-state index contributed by atoms with van der Waals surface area (Å²) < 4.78 is 7.65. The van der Waals surface area contributed by atoms with Gasteiger partial charge in [-0.1, -0.05) is 12.1 Å². The normalized spacial score (nSPS) is 17.7. The third-order valence-electron chi connectivity index (χ3n) is 3.84. The smallest absolute Gasteiger partial charge is 0.188 e. The fourth-order valence-electron chi connectivity index (χ4n) is 2.72. The molecule has 0 spiro atoms. The largest absolute Gasteiger partial charge is 0.397 e. The quantitative estimate of drug-likeness (QED) is 0.389. The fraction of sp³-hybridized carbons (Fsp3) is 0.267. The Morgan fingerprint density at radius 1 is 1.30 bits per heavy atom. The summed E-state index contributed by atoms with van der Waals surface area (Å²) in [6.07, 6.45) is 3.69. The maximum atomic E-state index is 5.98. The average Bonchev–Trinajstić information content (AvgIpc) is 3.18. The summed E-state index contributed by atoms with van der Waals surface area (Å²) in [6.45, 7) is 0.759. The summed E-state index contributed by atoms with van der Waals surface area (Å²) in [5, 5.41) is 3.59. The third kappa shape index (κ3) is 2.60. The summed E-state index contributed by atoms with van der Waals surface area (Å²) >= 11 is 4.31. The van der Waals surface area contributed by atoms with Crippen molar-refractivity contribution in [2.75, 3.05) is 17.7 Å². The van der Waals surface area contributed by atoms with E-state index in [1.54, 1.807) is 6.33 Å². The van der Waals surface area contributed by atoms with Crippen LogP contribution in [0, 0.1) is 0 Å². The lowest BCUT2D eigenvalue weighted by Gasteiger charge is -2.12. The highest BCUT2D eigenvalue weighted by atomic mass is 32.1. The molecule has 0 amide bonds. The van der Waals surface area contributed by atoms with Gasteiger partial charge in [0, 0.05) is 6.61 Å². The topological polar surface area (TPSA) is 90.9 Å². The van der Waals surface area contributed by atoms with E-state index in [0.29, 0.717) is 27.8 Å². The van der Waals surface area contributed by atoms with Crippen LogP contribution in [0.1, 0.15) is 19.1 Å². The molecule has 1 fully saturated rings. The number of thiol groups is 1. The lowest BCUT2D eigenvalue weighted by atomic mass is 10.2. The van der Waals surface area contributed by atoms with Crippen LogP contribution >= 0.6 is 12.6 Å². The number of anilines is 3. The first kappa shape index (κ1) is 14.3. The number of ether oxygens (including phenoxy) is 1. The molecule has 4 rings (SSSR count).